The molecule has 1 rings (SSSR count). The van der Waals surface area contributed by atoms with E-state index in [4.69, 9.17) is 11.6 Å². The molecule has 2 unspecified atom stereocenters. The van der Waals surface area contributed by atoms with E-state index in [-0.39, 0.29) is 12.1 Å². The minimum absolute atomic E-state index is 0.241. The minimum atomic E-state index is -0.267. The Labute approximate surface area is 107 Å². The van der Waals surface area contributed by atoms with Gasteiger partial charge in [-0.05, 0) is 36.3 Å². The Hall–Kier alpha value is -0.0900. The molecule has 0 saturated heterocycles. The van der Waals surface area contributed by atoms with Gasteiger partial charge in [0.2, 0.25) is 0 Å². The molecule has 2 nitrogen and oxygen atoms in total. The lowest BCUT2D eigenvalue weighted by Gasteiger charge is -2.17. The Balaban J connectivity index is 2.32. The lowest BCUT2D eigenvalue weighted by Crippen LogP contribution is -2.29. The van der Waals surface area contributed by atoms with Crippen molar-refractivity contribution in [1.29, 1.82) is 0 Å². The molecule has 1 aromatic rings. The second-order valence-electron chi connectivity index (χ2n) is 4.60. The lowest BCUT2D eigenvalue weighted by atomic mass is 10.1. The average molecular weight is 262 g/mol. The van der Waals surface area contributed by atoms with Crippen LogP contribution in [0.1, 0.15) is 38.8 Å². The van der Waals surface area contributed by atoms with Crippen molar-refractivity contribution >= 4 is 22.9 Å². The van der Waals surface area contributed by atoms with Crippen LogP contribution in [-0.2, 0) is 0 Å². The van der Waals surface area contributed by atoms with Crippen LogP contribution in [0.15, 0.2) is 11.4 Å². The molecule has 0 saturated carbocycles. The summed E-state index contributed by atoms with van der Waals surface area (Å²) >= 11 is 7.42. The van der Waals surface area contributed by atoms with Crippen LogP contribution in [0.4, 0.5) is 0 Å². The molecule has 0 aliphatic carbocycles. The van der Waals surface area contributed by atoms with E-state index in [2.05, 4.69) is 31.5 Å². The highest BCUT2D eigenvalue weighted by Crippen LogP contribution is 2.24. The summed E-state index contributed by atoms with van der Waals surface area (Å²) in [6, 6.07) is 2.21. The van der Waals surface area contributed by atoms with Gasteiger partial charge in [-0.25, -0.2) is 0 Å². The summed E-state index contributed by atoms with van der Waals surface area (Å²) in [5.74, 6) is 0.530. The van der Waals surface area contributed by atoms with E-state index in [1.54, 1.807) is 11.3 Å². The summed E-state index contributed by atoms with van der Waals surface area (Å²) in [7, 11) is 0. The van der Waals surface area contributed by atoms with Crippen LogP contribution in [-0.4, -0.2) is 17.8 Å². The van der Waals surface area contributed by atoms with Gasteiger partial charge in [0, 0.05) is 12.6 Å². The average Bonchev–Trinajstić information content (AvgIpc) is 2.60. The molecule has 1 aromatic heterocycles. The monoisotopic (exact) mass is 261 g/mol. The third-order valence-electron chi connectivity index (χ3n) is 2.49. The number of hydrogen-bond donors (Lipinski definition) is 2. The molecule has 0 aliphatic rings. The summed E-state index contributed by atoms with van der Waals surface area (Å²) in [5.41, 5.74) is 1.19. The van der Waals surface area contributed by atoms with E-state index in [1.165, 1.54) is 5.56 Å². The number of aliphatic hydroxyl groups is 1. The highest BCUT2D eigenvalue weighted by molar-refractivity contribution is 7.14. The van der Waals surface area contributed by atoms with Crippen LogP contribution >= 0.6 is 22.9 Å². The first kappa shape index (κ1) is 14.0. The van der Waals surface area contributed by atoms with Gasteiger partial charge in [-0.2, -0.15) is 0 Å². The standard InChI is InChI=1S/C12H20ClNOS/c1-8(2)4-11(15)6-14-9(3)10-5-12(13)16-7-10/h5,7-9,11,14-15H,4,6H2,1-3H3. The van der Waals surface area contributed by atoms with Crippen molar-refractivity contribution in [2.24, 2.45) is 5.92 Å². The molecule has 16 heavy (non-hydrogen) atoms. The van der Waals surface area contributed by atoms with E-state index >= 15 is 0 Å². The fourth-order valence-corrected chi connectivity index (χ4v) is 2.59. The highest BCUT2D eigenvalue weighted by Gasteiger charge is 2.11. The molecule has 0 spiro atoms. The Bertz CT molecular complexity index is 314. The first-order chi connectivity index (χ1) is 7.49. The molecule has 0 amide bonds. The van der Waals surface area contributed by atoms with Crippen LogP contribution in [0.2, 0.25) is 4.34 Å². The Morgan fingerprint density at radius 3 is 2.62 bits per heavy atom. The smallest absolute Gasteiger partial charge is 0.0931 e. The van der Waals surface area contributed by atoms with Gasteiger partial charge in [0.25, 0.3) is 0 Å². The zero-order valence-corrected chi connectivity index (χ0v) is 11.6. The first-order valence-corrected chi connectivity index (χ1v) is 6.90. The lowest BCUT2D eigenvalue weighted by molar-refractivity contribution is 0.143. The fraction of sp³-hybridized carbons (Fsp3) is 0.667. The number of rotatable bonds is 6. The van der Waals surface area contributed by atoms with Gasteiger partial charge in [-0.1, -0.05) is 25.4 Å². The SMILES string of the molecule is CC(C)CC(O)CNC(C)c1csc(Cl)c1. The van der Waals surface area contributed by atoms with Gasteiger partial charge in [0.05, 0.1) is 10.4 Å². The molecule has 0 bridgehead atoms. The van der Waals surface area contributed by atoms with E-state index < -0.39 is 0 Å². The third kappa shape index (κ3) is 4.83. The number of hydrogen-bond acceptors (Lipinski definition) is 3. The van der Waals surface area contributed by atoms with Crippen molar-refractivity contribution in [3.63, 3.8) is 0 Å². The first-order valence-electron chi connectivity index (χ1n) is 5.64. The minimum Gasteiger partial charge on any atom is -0.392 e. The van der Waals surface area contributed by atoms with Gasteiger partial charge in [-0.3, -0.25) is 0 Å². The quantitative estimate of drug-likeness (QED) is 0.822. The van der Waals surface area contributed by atoms with Crippen molar-refractivity contribution in [3.05, 3.63) is 21.3 Å². The van der Waals surface area contributed by atoms with Crippen LogP contribution in [0.5, 0.6) is 0 Å². The second kappa shape index (κ2) is 6.60. The Morgan fingerprint density at radius 2 is 2.12 bits per heavy atom. The van der Waals surface area contributed by atoms with Crippen LogP contribution in [0.25, 0.3) is 0 Å². The van der Waals surface area contributed by atoms with E-state index in [1.807, 2.05) is 6.07 Å². The molecule has 0 radical (unpaired) electrons. The van der Waals surface area contributed by atoms with Crippen molar-refractivity contribution in [1.82, 2.24) is 5.32 Å². The molecule has 0 aliphatic heterocycles. The van der Waals surface area contributed by atoms with Gasteiger partial charge in [-0.15, -0.1) is 11.3 Å². The maximum atomic E-state index is 9.73. The molecule has 4 heteroatoms. The van der Waals surface area contributed by atoms with E-state index in [0.29, 0.717) is 12.5 Å². The maximum Gasteiger partial charge on any atom is 0.0931 e. The fourth-order valence-electron chi connectivity index (χ4n) is 1.61. The van der Waals surface area contributed by atoms with Crippen LogP contribution in [0, 0.1) is 5.92 Å². The zero-order chi connectivity index (χ0) is 12.1. The van der Waals surface area contributed by atoms with Crippen molar-refractivity contribution in [2.45, 2.75) is 39.3 Å². The third-order valence-corrected chi connectivity index (χ3v) is 3.60. The molecule has 2 N–H and O–H groups in total. The van der Waals surface area contributed by atoms with Gasteiger partial charge >= 0.3 is 0 Å². The molecule has 0 fully saturated rings. The summed E-state index contributed by atoms with van der Waals surface area (Å²) < 4.78 is 0.811. The maximum absolute atomic E-state index is 9.73. The van der Waals surface area contributed by atoms with E-state index in [0.717, 1.165) is 10.8 Å². The topological polar surface area (TPSA) is 32.3 Å². The van der Waals surface area contributed by atoms with Gasteiger partial charge in [0.15, 0.2) is 0 Å². The number of thiophene rings is 1. The molecule has 1 heterocycles. The van der Waals surface area contributed by atoms with Crippen molar-refractivity contribution in [2.75, 3.05) is 6.54 Å². The largest absolute Gasteiger partial charge is 0.392 e. The Kier molecular flexibility index (Phi) is 5.76. The van der Waals surface area contributed by atoms with Crippen molar-refractivity contribution < 1.29 is 5.11 Å². The van der Waals surface area contributed by atoms with Gasteiger partial charge < -0.3 is 10.4 Å². The van der Waals surface area contributed by atoms with Crippen LogP contribution in [0.3, 0.4) is 0 Å². The predicted molar refractivity (Wildman–Crippen MR) is 71.2 cm³/mol. The molecular weight excluding hydrogens is 242 g/mol. The summed E-state index contributed by atoms with van der Waals surface area (Å²) in [5, 5.41) is 15.1. The highest BCUT2D eigenvalue weighted by atomic mass is 35.5. The van der Waals surface area contributed by atoms with Gasteiger partial charge in [0.1, 0.15) is 0 Å². The number of halogens is 1. The molecular formula is C12H20ClNOS. The predicted octanol–water partition coefficient (Wildman–Crippen LogP) is 3.46. The zero-order valence-electron chi connectivity index (χ0n) is 10.0. The normalized spacial score (nSPS) is 15.4. The summed E-state index contributed by atoms with van der Waals surface area (Å²) in [6.45, 7) is 6.95. The summed E-state index contributed by atoms with van der Waals surface area (Å²) in [4.78, 5) is 0. The molecule has 2 atom stereocenters. The summed E-state index contributed by atoms with van der Waals surface area (Å²) in [6.07, 6.45) is 0.570. The van der Waals surface area contributed by atoms with Crippen LogP contribution < -0.4 is 5.32 Å². The number of aliphatic hydroxyl groups excluding tert-OH is 1. The van der Waals surface area contributed by atoms with Crippen molar-refractivity contribution in [3.8, 4) is 0 Å². The Morgan fingerprint density at radius 1 is 1.44 bits per heavy atom. The second-order valence-corrected chi connectivity index (χ2v) is 6.14. The number of nitrogens with one attached hydrogen (secondary N) is 1. The van der Waals surface area contributed by atoms with E-state index in [9.17, 15) is 5.11 Å². The molecule has 92 valence electrons. The molecule has 0 aromatic carbocycles.